The Labute approximate surface area is 93.9 Å². The van der Waals surface area contributed by atoms with Crippen LogP contribution in [0.2, 0.25) is 5.15 Å². The molecule has 1 aromatic rings. The van der Waals surface area contributed by atoms with Crippen molar-refractivity contribution < 1.29 is 5.11 Å². The Morgan fingerprint density at radius 3 is 3.07 bits per heavy atom. The van der Waals surface area contributed by atoms with E-state index in [-0.39, 0.29) is 12.6 Å². The molecule has 15 heavy (non-hydrogen) atoms. The quantitative estimate of drug-likeness (QED) is 0.778. The van der Waals surface area contributed by atoms with E-state index >= 15 is 0 Å². The Kier molecular flexibility index (Phi) is 3.38. The van der Waals surface area contributed by atoms with E-state index in [0.29, 0.717) is 5.15 Å². The molecule has 1 atom stereocenters. The molecule has 0 amide bonds. The highest BCUT2D eigenvalue weighted by molar-refractivity contribution is 6.29. The SMILES string of the molecule is OCC1CCCCN1c1cc(Cl)ncn1. The fourth-order valence-electron chi connectivity index (χ4n) is 1.97. The highest BCUT2D eigenvalue weighted by atomic mass is 35.5. The zero-order valence-electron chi connectivity index (χ0n) is 8.43. The van der Waals surface area contributed by atoms with Gasteiger partial charge >= 0.3 is 0 Å². The minimum Gasteiger partial charge on any atom is -0.394 e. The second kappa shape index (κ2) is 4.77. The van der Waals surface area contributed by atoms with Gasteiger partial charge in [0.05, 0.1) is 12.6 Å². The van der Waals surface area contributed by atoms with Crippen molar-refractivity contribution in [3.05, 3.63) is 17.5 Å². The molecule has 1 fully saturated rings. The first-order valence-corrected chi connectivity index (χ1v) is 5.54. The van der Waals surface area contributed by atoms with Crippen molar-refractivity contribution in [2.45, 2.75) is 25.3 Å². The summed E-state index contributed by atoms with van der Waals surface area (Å²) in [4.78, 5) is 10.1. The predicted octanol–water partition coefficient (Wildman–Crippen LogP) is 1.48. The van der Waals surface area contributed by atoms with Crippen LogP contribution in [-0.2, 0) is 0 Å². The highest BCUT2D eigenvalue weighted by Crippen LogP contribution is 2.23. The molecule has 0 aliphatic carbocycles. The first kappa shape index (κ1) is 10.6. The molecule has 0 spiro atoms. The van der Waals surface area contributed by atoms with E-state index in [9.17, 15) is 5.11 Å². The van der Waals surface area contributed by atoms with Gasteiger partial charge in [0, 0.05) is 12.6 Å². The predicted molar refractivity (Wildman–Crippen MR) is 59.1 cm³/mol. The smallest absolute Gasteiger partial charge is 0.134 e. The average molecular weight is 228 g/mol. The fourth-order valence-corrected chi connectivity index (χ4v) is 2.11. The summed E-state index contributed by atoms with van der Waals surface area (Å²) >= 11 is 5.81. The Hall–Kier alpha value is -0.870. The summed E-state index contributed by atoms with van der Waals surface area (Å²) < 4.78 is 0. The normalized spacial score (nSPS) is 21.7. The van der Waals surface area contributed by atoms with E-state index in [4.69, 9.17) is 11.6 Å². The van der Waals surface area contributed by atoms with Gasteiger partial charge in [-0.05, 0) is 19.3 Å². The Morgan fingerprint density at radius 1 is 1.47 bits per heavy atom. The summed E-state index contributed by atoms with van der Waals surface area (Å²) in [6, 6.07) is 1.92. The number of anilines is 1. The van der Waals surface area contributed by atoms with Crippen LogP contribution < -0.4 is 4.90 Å². The number of hydrogen-bond donors (Lipinski definition) is 1. The first-order valence-electron chi connectivity index (χ1n) is 5.16. The van der Waals surface area contributed by atoms with Gasteiger partial charge in [-0.15, -0.1) is 0 Å². The molecule has 0 aromatic carbocycles. The van der Waals surface area contributed by atoms with Gasteiger partial charge in [0.15, 0.2) is 0 Å². The maximum atomic E-state index is 9.27. The number of hydrogen-bond acceptors (Lipinski definition) is 4. The van der Waals surface area contributed by atoms with Crippen LogP contribution in [0.25, 0.3) is 0 Å². The van der Waals surface area contributed by atoms with E-state index in [1.807, 2.05) is 0 Å². The minimum absolute atomic E-state index is 0.168. The molecule has 2 rings (SSSR count). The molecule has 1 unspecified atom stereocenters. The molecule has 5 heteroatoms. The van der Waals surface area contributed by atoms with Crippen LogP contribution in [0.3, 0.4) is 0 Å². The van der Waals surface area contributed by atoms with Crippen molar-refractivity contribution in [3.63, 3.8) is 0 Å². The van der Waals surface area contributed by atoms with Gasteiger partial charge in [0.25, 0.3) is 0 Å². The van der Waals surface area contributed by atoms with Gasteiger partial charge in [0.2, 0.25) is 0 Å². The maximum absolute atomic E-state index is 9.27. The summed E-state index contributed by atoms with van der Waals surface area (Å²) in [5.74, 6) is 0.814. The third kappa shape index (κ3) is 2.38. The summed E-state index contributed by atoms with van der Waals surface area (Å²) in [5, 5.41) is 9.72. The molecule has 1 aromatic heterocycles. The van der Waals surface area contributed by atoms with Crippen molar-refractivity contribution in [1.29, 1.82) is 0 Å². The molecular weight excluding hydrogens is 214 g/mol. The van der Waals surface area contributed by atoms with Crippen molar-refractivity contribution >= 4 is 17.4 Å². The number of aliphatic hydroxyl groups excluding tert-OH is 1. The fraction of sp³-hybridized carbons (Fsp3) is 0.600. The third-order valence-corrected chi connectivity index (χ3v) is 2.96. The van der Waals surface area contributed by atoms with Crippen LogP contribution in [0.1, 0.15) is 19.3 Å². The van der Waals surface area contributed by atoms with Crippen LogP contribution in [0.5, 0.6) is 0 Å². The number of nitrogens with zero attached hydrogens (tertiary/aromatic N) is 3. The first-order chi connectivity index (χ1) is 7.31. The topological polar surface area (TPSA) is 49.2 Å². The van der Waals surface area contributed by atoms with Gasteiger partial charge in [-0.25, -0.2) is 9.97 Å². The van der Waals surface area contributed by atoms with Crippen LogP contribution in [0.15, 0.2) is 12.4 Å². The largest absolute Gasteiger partial charge is 0.394 e. The van der Waals surface area contributed by atoms with Crippen molar-refractivity contribution in [2.75, 3.05) is 18.1 Å². The lowest BCUT2D eigenvalue weighted by Gasteiger charge is -2.35. The minimum atomic E-state index is 0.168. The van der Waals surface area contributed by atoms with Crippen LogP contribution >= 0.6 is 11.6 Å². The lowest BCUT2D eigenvalue weighted by Crippen LogP contribution is -2.42. The molecule has 1 aliphatic rings. The van der Waals surface area contributed by atoms with E-state index in [2.05, 4.69) is 14.9 Å². The number of rotatable bonds is 2. The van der Waals surface area contributed by atoms with Gasteiger partial charge in [-0.2, -0.15) is 0 Å². The van der Waals surface area contributed by atoms with Crippen LogP contribution in [0.4, 0.5) is 5.82 Å². The highest BCUT2D eigenvalue weighted by Gasteiger charge is 2.22. The molecule has 0 radical (unpaired) electrons. The molecule has 82 valence electrons. The van der Waals surface area contributed by atoms with E-state index in [1.165, 1.54) is 12.7 Å². The number of aromatic nitrogens is 2. The number of piperidine rings is 1. The lowest BCUT2D eigenvalue weighted by atomic mass is 10.0. The van der Waals surface area contributed by atoms with E-state index in [0.717, 1.165) is 25.2 Å². The lowest BCUT2D eigenvalue weighted by molar-refractivity contribution is 0.239. The molecule has 1 saturated heterocycles. The molecule has 2 heterocycles. The zero-order valence-corrected chi connectivity index (χ0v) is 9.19. The monoisotopic (exact) mass is 227 g/mol. The molecular formula is C10H14ClN3O. The Balaban J connectivity index is 2.20. The number of aliphatic hydroxyl groups is 1. The second-order valence-corrected chi connectivity index (χ2v) is 4.11. The van der Waals surface area contributed by atoms with Crippen molar-refractivity contribution in [2.24, 2.45) is 0 Å². The second-order valence-electron chi connectivity index (χ2n) is 3.72. The van der Waals surface area contributed by atoms with Gasteiger partial charge in [-0.3, -0.25) is 0 Å². The van der Waals surface area contributed by atoms with Crippen LogP contribution in [-0.4, -0.2) is 34.3 Å². The van der Waals surface area contributed by atoms with Crippen LogP contribution in [0, 0.1) is 0 Å². The Bertz CT molecular complexity index is 334. The summed E-state index contributed by atoms with van der Waals surface area (Å²) in [7, 11) is 0. The van der Waals surface area contributed by atoms with Gasteiger partial charge in [0.1, 0.15) is 17.3 Å². The molecule has 1 N–H and O–H groups in total. The van der Waals surface area contributed by atoms with E-state index in [1.54, 1.807) is 6.07 Å². The Morgan fingerprint density at radius 2 is 2.33 bits per heavy atom. The molecule has 0 bridgehead atoms. The standard InChI is InChI=1S/C10H14ClN3O/c11-9-5-10(13-7-12-9)14-4-2-1-3-8(14)6-15/h5,7-8,15H,1-4,6H2. The van der Waals surface area contributed by atoms with Crippen molar-refractivity contribution in [3.8, 4) is 0 Å². The molecule has 4 nitrogen and oxygen atoms in total. The summed E-state index contributed by atoms with van der Waals surface area (Å²) in [5.41, 5.74) is 0. The van der Waals surface area contributed by atoms with Crippen molar-refractivity contribution in [1.82, 2.24) is 9.97 Å². The average Bonchev–Trinajstić information content (AvgIpc) is 2.29. The maximum Gasteiger partial charge on any atom is 0.134 e. The molecule has 0 saturated carbocycles. The summed E-state index contributed by atoms with van der Waals surface area (Å²) in [6.07, 6.45) is 4.78. The van der Waals surface area contributed by atoms with Gasteiger partial charge < -0.3 is 10.0 Å². The zero-order chi connectivity index (χ0) is 10.7. The summed E-state index contributed by atoms with van der Waals surface area (Å²) in [6.45, 7) is 1.10. The van der Waals surface area contributed by atoms with E-state index < -0.39 is 0 Å². The number of halogens is 1. The molecule has 1 aliphatic heterocycles. The third-order valence-electron chi connectivity index (χ3n) is 2.75. The van der Waals surface area contributed by atoms with Gasteiger partial charge in [-0.1, -0.05) is 11.6 Å².